The SMILES string of the molecule is O=C([O-])/C=C/c1ccccc1Cl.[K+]. The fourth-order valence-electron chi connectivity index (χ4n) is 0.768. The van der Waals surface area contributed by atoms with Crippen LogP contribution in [0.3, 0.4) is 0 Å². The van der Waals surface area contributed by atoms with E-state index in [0.29, 0.717) is 10.6 Å². The number of halogens is 1. The topological polar surface area (TPSA) is 40.1 Å². The molecule has 0 amide bonds. The van der Waals surface area contributed by atoms with Crippen molar-refractivity contribution in [2.75, 3.05) is 0 Å². The van der Waals surface area contributed by atoms with Gasteiger partial charge in [-0.05, 0) is 17.7 Å². The first-order valence-corrected chi connectivity index (χ1v) is 3.71. The van der Waals surface area contributed by atoms with Gasteiger partial charge in [0.05, 0.1) is 5.97 Å². The number of hydrogen-bond donors (Lipinski definition) is 0. The van der Waals surface area contributed by atoms with Crippen molar-refractivity contribution in [2.24, 2.45) is 0 Å². The number of carboxylic acids is 1. The molecule has 1 aromatic rings. The fraction of sp³-hybridized carbons (Fsp3) is 0. The van der Waals surface area contributed by atoms with Crippen LogP contribution in [0.4, 0.5) is 0 Å². The van der Waals surface area contributed by atoms with Crippen LogP contribution in [-0.4, -0.2) is 5.97 Å². The number of aliphatic carboxylic acids is 1. The van der Waals surface area contributed by atoms with Gasteiger partial charge in [-0.15, -0.1) is 0 Å². The molecular formula is C9H6ClKO2. The molecule has 0 aliphatic carbocycles. The Kier molecular flexibility index (Phi) is 6.94. The van der Waals surface area contributed by atoms with Gasteiger partial charge in [-0.1, -0.05) is 35.9 Å². The Hall–Kier alpha value is 0.356. The third kappa shape index (κ3) is 4.95. The number of carboxylic acid groups (broad SMARTS) is 1. The quantitative estimate of drug-likeness (QED) is 0.432. The molecule has 4 heteroatoms. The van der Waals surface area contributed by atoms with Gasteiger partial charge in [-0.3, -0.25) is 0 Å². The number of rotatable bonds is 2. The average molecular weight is 221 g/mol. The summed E-state index contributed by atoms with van der Waals surface area (Å²) in [5.74, 6) is -1.23. The molecular weight excluding hydrogens is 215 g/mol. The summed E-state index contributed by atoms with van der Waals surface area (Å²) < 4.78 is 0. The fourth-order valence-corrected chi connectivity index (χ4v) is 0.967. The monoisotopic (exact) mass is 220 g/mol. The molecule has 0 aromatic heterocycles. The molecule has 0 fully saturated rings. The number of benzene rings is 1. The molecule has 0 spiro atoms. The van der Waals surface area contributed by atoms with Crippen molar-refractivity contribution in [1.82, 2.24) is 0 Å². The van der Waals surface area contributed by atoms with Crippen LogP contribution in [-0.2, 0) is 4.79 Å². The zero-order valence-electron chi connectivity index (χ0n) is 7.16. The van der Waals surface area contributed by atoms with Gasteiger partial charge in [-0.25, -0.2) is 0 Å². The van der Waals surface area contributed by atoms with Gasteiger partial charge in [0, 0.05) is 5.02 Å². The number of carbonyl (C=O) groups is 1. The number of carbonyl (C=O) groups excluding carboxylic acids is 1. The van der Waals surface area contributed by atoms with E-state index >= 15 is 0 Å². The Balaban J connectivity index is 0.00000144. The van der Waals surface area contributed by atoms with Gasteiger partial charge < -0.3 is 9.90 Å². The molecule has 0 radical (unpaired) electrons. The van der Waals surface area contributed by atoms with Crippen LogP contribution in [0.15, 0.2) is 30.3 Å². The zero-order chi connectivity index (χ0) is 8.97. The summed E-state index contributed by atoms with van der Waals surface area (Å²) in [4.78, 5) is 10.0. The van der Waals surface area contributed by atoms with Crippen molar-refractivity contribution in [1.29, 1.82) is 0 Å². The van der Waals surface area contributed by atoms with E-state index in [1.54, 1.807) is 24.3 Å². The first kappa shape index (κ1) is 13.4. The summed E-state index contributed by atoms with van der Waals surface area (Å²) in [5, 5.41) is 10.6. The predicted molar refractivity (Wildman–Crippen MR) is 45.5 cm³/mol. The summed E-state index contributed by atoms with van der Waals surface area (Å²) >= 11 is 5.74. The molecule has 62 valence electrons. The third-order valence-electron chi connectivity index (χ3n) is 1.30. The second-order valence-electron chi connectivity index (χ2n) is 2.17. The van der Waals surface area contributed by atoms with Crippen LogP contribution in [0, 0.1) is 0 Å². The molecule has 0 saturated carbocycles. The first-order chi connectivity index (χ1) is 5.70. The van der Waals surface area contributed by atoms with Gasteiger partial charge in [-0.2, -0.15) is 0 Å². The van der Waals surface area contributed by atoms with E-state index < -0.39 is 5.97 Å². The summed E-state index contributed by atoms with van der Waals surface area (Å²) in [6.07, 6.45) is 2.35. The van der Waals surface area contributed by atoms with E-state index in [9.17, 15) is 9.90 Å². The smallest absolute Gasteiger partial charge is 0.545 e. The van der Waals surface area contributed by atoms with Gasteiger partial charge in [0.25, 0.3) is 0 Å². The van der Waals surface area contributed by atoms with Crippen LogP contribution in [0.1, 0.15) is 5.56 Å². The normalized spacial score (nSPS) is 9.62. The van der Waals surface area contributed by atoms with Crippen LogP contribution in [0.2, 0.25) is 5.02 Å². The second kappa shape index (κ2) is 6.76. The van der Waals surface area contributed by atoms with E-state index in [-0.39, 0.29) is 51.4 Å². The molecule has 0 aliphatic heterocycles. The maximum atomic E-state index is 10.0. The summed E-state index contributed by atoms with van der Waals surface area (Å²) in [5.41, 5.74) is 0.670. The molecule has 0 saturated heterocycles. The minimum atomic E-state index is -1.23. The van der Waals surface area contributed by atoms with E-state index in [4.69, 9.17) is 11.6 Å². The van der Waals surface area contributed by atoms with Gasteiger partial charge in [0.1, 0.15) is 0 Å². The van der Waals surface area contributed by atoms with Crippen molar-refractivity contribution in [3.05, 3.63) is 40.9 Å². The van der Waals surface area contributed by atoms with Gasteiger partial charge in [0.2, 0.25) is 0 Å². The Morgan fingerprint density at radius 1 is 1.38 bits per heavy atom. The minimum absolute atomic E-state index is 0. The van der Waals surface area contributed by atoms with Crippen LogP contribution in [0.5, 0.6) is 0 Å². The Morgan fingerprint density at radius 2 is 2.00 bits per heavy atom. The summed E-state index contributed by atoms with van der Waals surface area (Å²) in [6.45, 7) is 0. The van der Waals surface area contributed by atoms with E-state index in [1.807, 2.05) is 0 Å². The van der Waals surface area contributed by atoms with Crippen molar-refractivity contribution in [3.63, 3.8) is 0 Å². The Labute approximate surface area is 124 Å². The predicted octanol–water partition coefficient (Wildman–Crippen LogP) is -1.89. The molecule has 0 unspecified atom stereocenters. The van der Waals surface area contributed by atoms with Crippen LogP contribution < -0.4 is 56.5 Å². The Morgan fingerprint density at radius 3 is 2.54 bits per heavy atom. The molecule has 2 nitrogen and oxygen atoms in total. The standard InChI is InChI=1S/C9H7ClO2.K/c10-8-4-2-1-3-7(8)5-6-9(11)12;/h1-6H,(H,11,12);/q;+1/p-1/b6-5+;. The van der Waals surface area contributed by atoms with E-state index in [1.165, 1.54) is 6.08 Å². The molecule has 0 N–H and O–H groups in total. The first-order valence-electron chi connectivity index (χ1n) is 3.34. The number of hydrogen-bond acceptors (Lipinski definition) is 2. The van der Waals surface area contributed by atoms with Gasteiger partial charge >= 0.3 is 51.4 Å². The molecule has 0 heterocycles. The molecule has 13 heavy (non-hydrogen) atoms. The molecule has 0 bridgehead atoms. The second-order valence-corrected chi connectivity index (χ2v) is 2.58. The summed E-state index contributed by atoms with van der Waals surface area (Å²) in [7, 11) is 0. The maximum Gasteiger partial charge on any atom is 1.00 e. The van der Waals surface area contributed by atoms with Crippen molar-refractivity contribution < 1.29 is 61.3 Å². The van der Waals surface area contributed by atoms with Gasteiger partial charge in [0.15, 0.2) is 0 Å². The average Bonchev–Trinajstić information content (AvgIpc) is 2.03. The Bertz CT molecular complexity index is 323. The zero-order valence-corrected chi connectivity index (χ0v) is 11.0. The van der Waals surface area contributed by atoms with E-state index in [0.717, 1.165) is 6.08 Å². The molecule has 0 aliphatic rings. The maximum absolute atomic E-state index is 10.0. The molecule has 1 rings (SSSR count). The minimum Gasteiger partial charge on any atom is -0.545 e. The van der Waals surface area contributed by atoms with E-state index in [2.05, 4.69) is 0 Å². The van der Waals surface area contributed by atoms with Crippen LogP contribution in [0.25, 0.3) is 6.08 Å². The molecule has 0 atom stereocenters. The summed E-state index contributed by atoms with van der Waals surface area (Å²) in [6, 6.07) is 6.97. The van der Waals surface area contributed by atoms with Crippen LogP contribution >= 0.6 is 11.6 Å². The molecule has 1 aromatic carbocycles. The van der Waals surface area contributed by atoms with Crippen molar-refractivity contribution >= 4 is 23.6 Å². The third-order valence-corrected chi connectivity index (χ3v) is 1.65. The van der Waals surface area contributed by atoms with Crippen molar-refractivity contribution in [2.45, 2.75) is 0 Å². The largest absolute Gasteiger partial charge is 1.00 e. The van der Waals surface area contributed by atoms with Crippen molar-refractivity contribution in [3.8, 4) is 0 Å².